The van der Waals surface area contributed by atoms with Crippen molar-refractivity contribution in [3.63, 3.8) is 0 Å². The van der Waals surface area contributed by atoms with Crippen LogP contribution in [0.3, 0.4) is 0 Å². The van der Waals surface area contributed by atoms with Crippen LogP contribution in [0.5, 0.6) is 0 Å². The third-order valence-electron chi connectivity index (χ3n) is 4.21. The first-order valence-electron chi connectivity index (χ1n) is 8.89. The molecule has 0 bridgehead atoms. The lowest BCUT2D eigenvalue weighted by Crippen LogP contribution is -2.19. The van der Waals surface area contributed by atoms with Gasteiger partial charge in [-0.25, -0.2) is 17.5 Å². The number of rotatable bonds is 7. The molecule has 3 rings (SSSR count). The molecule has 0 spiro atoms. The molecule has 0 radical (unpaired) electrons. The molecule has 0 aliphatic rings. The second-order valence-electron chi connectivity index (χ2n) is 6.29. The first-order chi connectivity index (χ1) is 13.3. The summed E-state index contributed by atoms with van der Waals surface area (Å²) in [6.45, 7) is 4.09. The number of hydrogen-bond donors (Lipinski definition) is 1. The molecule has 0 aliphatic carbocycles. The fourth-order valence-electron chi connectivity index (χ4n) is 2.74. The smallest absolute Gasteiger partial charge is 0.250 e. The molecular formula is C19H21FN4O3S. The number of pyridine rings is 1. The molecule has 0 amide bonds. The van der Waals surface area contributed by atoms with Crippen LogP contribution in [0, 0.1) is 5.82 Å². The van der Waals surface area contributed by atoms with Gasteiger partial charge in [0.2, 0.25) is 10.0 Å². The standard InChI is InChI=1S/C19H21FN4O3S/c1-3-9-23-13-16(6-8-19(23)25)24-12-14(11-21-24)17-7-5-15(10-18(17)20)22-28(26,27)4-2/h5-8,10-13,22H,3-4,9H2,1-2H3. The van der Waals surface area contributed by atoms with Crippen LogP contribution in [-0.2, 0) is 16.6 Å². The van der Waals surface area contributed by atoms with Crippen molar-refractivity contribution in [2.75, 3.05) is 10.5 Å². The first-order valence-corrected chi connectivity index (χ1v) is 10.5. The second-order valence-corrected chi connectivity index (χ2v) is 8.30. The van der Waals surface area contributed by atoms with Gasteiger partial charge in [-0.05, 0) is 37.6 Å². The minimum Gasteiger partial charge on any atom is -0.313 e. The number of hydrogen-bond acceptors (Lipinski definition) is 4. The third kappa shape index (κ3) is 4.30. The maximum Gasteiger partial charge on any atom is 0.250 e. The van der Waals surface area contributed by atoms with Gasteiger partial charge in [0.25, 0.3) is 5.56 Å². The molecule has 3 aromatic rings. The number of nitrogens with one attached hydrogen (secondary N) is 1. The van der Waals surface area contributed by atoms with Gasteiger partial charge in [0.15, 0.2) is 0 Å². The van der Waals surface area contributed by atoms with Crippen molar-refractivity contribution in [1.82, 2.24) is 14.3 Å². The monoisotopic (exact) mass is 404 g/mol. The maximum atomic E-state index is 14.5. The van der Waals surface area contributed by atoms with Gasteiger partial charge >= 0.3 is 0 Å². The van der Waals surface area contributed by atoms with E-state index >= 15 is 0 Å². The zero-order valence-corrected chi connectivity index (χ0v) is 16.4. The SMILES string of the molecule is CCCn1cc(-n2cc(-c3ccc(NS(=O)(=O)CC)cc3F)cn2)ccc1=O. The molecular weight excluding hydrogens is 383 g/mol. The zero-order valence-electron chi connectivity index (χ0n) is 15.6. The van der Waals surface area contributed by atoms with Crippen LogP contribution in [0.2, 0.25) is 0 Å². The number of aromatic nitrogens is 3. The van der Waals surface area contributed by atoms with Crippen molar-refractivity contribution in [2.45, 2.75) is 26.8 Å². The molecule has 2 aromatic heterocycles. The van der Waals surface area contributed by atoms with Gasteiger partial charge in [0, 0.05) is 36.1 Å². The van der Waals surface area contributed by atoms with Crippen molar-refractivity contribution in [3.8, 4) is 16.8 Å². The van der Waals surface area contributed by atoms with Crippen molar-refractivity contribution in [3.05, 3.63) is 65.1 Å². The Hall–Kier alpha value is -2.94. The third-order valence-corrected chi connectivity index (χ3v) is 5.52. The molecule has 1 aromatic carbocycles. The van der Waals surface area contributed by atoms with E-state index in [9.17, 15) is 17.6 Å². The fourth-order valence-corrected chi connectivity index (χ4v) is 3.37. The zero-order chi connectivity index (χ0) is 20.3. The fraction of sp³-hybridized carbons (Fsp3) is 0.263. The summed E-state index contributed by atoms with van der Waals surface area (Å²) in [5.41, 5.74) is 1.60. The largest absolute Gasteiger partial charge is 0.313 e. The van der Waals surface area contributed by atoms with E-state index in [0.29, 0.717) is 23.4 Å². The lowest BCUT2D eigenvalue weighted by Gasteiger charge is -2.08. The van der Waals surface area contributed by atoms with Gasteiger partial charge in [0.1, 0.15) is 5.82 Å². The second kappa shape index (κ2) is 7.97. The molecule has 0 fully saturated rings. The number of anilines is 1. The molecule has 0 unspecified atom stereocenters. The van der Waals surface area contributed by atoms with Crippen molar-refractivity contribution >= 4 is 15.7 Å². The van der Waals surface area contributed by atoms with E-state index in [4.69, 9.17) is 0 Å². The topological polar surface area (TPSA) is 86.0 Å². The highest BCUT2D eigenvalue weighted by molar-refractivity contribution is 7.92. The minimum absolute atomic E-state index is 0.0888. The van der Waals surface area contributed by atoms with Gasteiger partial charge in [-0.2, -0.15) is 5.10 Å². The van der Waals surface area contributed by atoms with E-state index in [1.165, 1.54) is 31.3 Å². The van der Waals surface area contributed by atoms with Crippen LogP contribution in [0.4, 0.5) is 10.1 Å². The maximum absolute atomic E-state index is 14.5. The van der Waals surface area contributed by atoms with E-state index in [1.807, 2.05) is 6.92 Å². The highest BCUT2D eigenvalue weighted by atomic mass is 32.2. The summed E-state index contributed by atoms with van der Waals surface area (Å²) >= 11 is 0. The van der Waals surface area contributed by atoms with Crippen LogP contribution in [0.15, 0.2) is 53.7 Å². The molecule has 0 saturated heterocycles. The molecule has 0 saturated carbocycles. The number of aryl methyl sites for hydroxylation is 1. The van der Waals surface area contributed by atoms with Crippen LogP contribution in [0.25, 0.3) is 16.8 Å². The Morgan fingerprint density at radius 3 is 2.61 bits per heavy atom. The molecule has 1 N–H and O–H groups in total. The summed E-state index contributed by atoms with van der Waals surface area (Å²) in [7, 11) is -3.47. The predicted octanol–water partition coefficient (Wildman–Crippen LogP) is 3.01. The van der Waals surface area contributed by atoms with E-state index in [0.717, 1.165) is 12.5 Å². The number of benzene rings is 1. The Morgan fingerprint density at radius 2 is 1.93 bits per heavy atom. The van der Waals surface area contributed by atoms with Gasteiger partial charge < -0.3 is 4.57 Å². The summed E-state index contributed by atoms with van der Waals surface area (Å²) in [5.74, 6) is -0.657. The van der Waals surface area contributed by atoms with Crippen LogP contribution >= 0.6 is 0 Å². The summed E-state index contributed by atoms with van der Waals surface area (Å²) in [6.07, 6.45) is 5.71. The van der Waals surface area contributed by atoms with Crippen molar-refractivity contribution < 1.29 is 12.8 Å². The van der Waals surface area contributed by atoms with Gasteiger partial charge in [0.05, 0.1) is 23.3 Å². The van der Waals surface area contributed by atoms with E-state index in [-0.39, 0.29) is 17.0 Å². The molecule has 9 heteroatoms. The molecule has 0 aliphatic heterocycles. The summed E-state index contributed by atoms with van der Waals surface area (Å²) in [5, 5.41) is 4.25. The summed E-state index contributed by atoms with van der Waals surface area (Å²) < 4.78 is 43.3. The number of halogens is 1. The molecule has 148 valence electrons. The van der Waals surface area contributed by atoms with E-state index < -0.39 is 15.8 Å². The van der Waals surface area contributed by atoms with Crippen molar-refractivity contribution in [2.24, 2.45) is 0 Å². The van der Waals surface area contributed by atoms with Crippen LogP contribution in [-0.4, -0.2) is 28.5 Å². The Balaban J connectivity index is 1.90. The van der Waals surface area contributed by atoms with Crippen LogP contribution < -0.4 is 10.3 Å². The Morgan fingerprint density at radius 1 is 1.14 bits per heavy atom. The average Bonchev–Trinajstić information content (AvgIpc) is 3.13. The van der Waals surface area contributed by atoms with Crippen LogP contribution in [0.1, 0.15) is 20.3 Å². The Kier molecular flexibility index (Phi) is 5.64. The number of sulfonamides is 1. The van der Waals surface area contributed by atoms with Gasteiger partial charge in [-0.1, -0.05) is 6.92 Å². The Labute approximate surface area is 162 Å². The lowest BCUT2D eigenvalue weighted by molar-refractivity contribution is 0.602. The Bertz CT molecular complexity index is 1150. The molecule has 7 nitrogen and oxygen atoms in total. The molecule has 0 atom stereocenters. The van der Waals surface area contributed by atoms with Crippen molar-refractivity contribution in [1.29, 1.82) is 0 Å². The van der Waals surface area contributed by atoms with E-state index in [2.05, 4.69) is 9.82 Å². The quantitative estimate of drug-likeness (QED) is 0.656. The highest BCUT2D eigenvalue weighted by Gasteiger charge is 2.12. The molecule has 2 heterocycles. The molecule has 28 heavy (non-hydrogen) atoms. The first kappa shape index (κ1) is 19.8. The van der Waals surface area contributed by atoms with E-state index in [1.54, 1.807) is 27.7 Å². The average molecular weight is 404 g/mol. The minimum atomic E-state index is -3.47. The van der Waals surface area contributed by atoms with Gasteiger partial charge in [-0.15, -0.1) is 0 Å². The number of nitrogens with zero attached hydrogens (tertiary/aromatic N) is 3. The summed E-state index contributed by atoms with van der Waals surface area (Å²) in [4.78, 5) is 11.9. The normalized spacial score (nSPS) is 11.5. The summed E-state index contributed by atoms with van der Waals surface area (Å²) in [6, 6.07) is 7.28. The lowest BCUT2D eigenvalue weighted by atomic mass is 10.1. The van der Waals surface area contributed by atoms with Gasteiger partial charge in [-0.3, -0.25) is 9.52 Å². The highest BCUT2D eigenvalue weighted by Crippen LogP contribution is 2.26. The predicted molar refractivity (Wildman–Crippen MR) is 107 cm³/mol.